The van der Waals surface area contributed by atoms with Gasteiger partial charge in [0.15, 0.2) is 6.61 Å². The van der Waals surface area contributed by atoms with Gasteiger partial charge in [-0.05, 0) is 43.7 Å². The van der Waals surface area contributed by atoms with Crippen LogP contribution in [0.3, 0.4) is 0 Å². The Morgan fingerprint density at radius 2 is 2.12 bits per heavy atom. The maximum Gasteiger partial charge on any atom is 0.306 e. The molecule has 7 nitrogen and oxygen atoms in total. The standard InChI is InChI=1S/C17H20N2O5/c1-11-7-8-14(19(22)23)17(12(11)2)18-15(20)10-24-16(21)9-13-5-3-4-6-13/h3,5,7-8,13H,4,6,9-10H2,1-2H3,(H,18,20)/t13-/m0/s1. The van der Waals surface area contributed by atoms with Gasteiger partial charge in [0.1, 0.15) is 5.69 Å². The molecule has 0 aliphatic heterocycles. The van der Waals surface area contributed by atoms with Crippen molar-refractivity contribution in [1.29, 1.82) is 0 Å². The lowest BCUT2D eigenvalue weighted by molar-refractivity contribution is -0.384. The molecule has 1 aromatic carbocycles. The molecule has 1 aliphatic carbocycles. The smallest absolute Gasteiger partial charge is 0.306 e. The molecule has 0 spiro atoms. The Labute approximate surface area is 139 Å². The number of nitro groups is 1. The van der Waals surface area contributed by atoms with E-state index in [1.807, 2.05) is 12.2 Å². The highest BCUT2D eigenvalue weighted by Crippen LogP contribution is 2.30. The minimum Gasteiger partial charge on any atom is -0.456 e. The lowest BCUT2D eigenvalue weighted by Crippen LogP contribution is -2.22. The molecule has 0 bridgehead atoms. The van der Waals surface area contributed by atoms with Crippen molar-refractivity contribution < 1.29 is 19.2 Å². The molecule has 7 heteroatoms. The van der Waals surface area contributed by atoms with Gasteiger partial charge in [-0.15, -0.1) is 0 Å². The van der Waals surface area contributed by atoms with Gasteiger partial charge in [-0.2, -0.15) is 0 Å². The van der Waals surface area contributed by atoms with Gasteiger partial charge in [-0.25, -0.2) is 0 Å². The molecular weight excluding hydrogens is 312 g/mol. The van der Waals surface area contributed by atoms with E-state index in [1.54, 1.807) is 19.9 Å². The molecule has 0 saturated carbocycles. The van der Waals surface area contributed by atoms with E-state index < -0.39 is 23.4 Å². The first-order chi connectivity index (χ1) is 11.4. The van der Waals surface area contributed by atoms with Crippen molar-refractivity contribution in [2.24, 2.45) is 5.92 Å². The van der Waals surface area contributed by atoms with Crippen molar-refractivity contribution in [3.8, 4) is 0 Å². The van der Waals surface area contributed by atoms with Crippen LogP contribution < -0.4 is 5.32 Å². The maximum absolute atomic E-state index is 12.0. The molecule has 0 fully saturated rings. The lowest BCUT2D eigenvalue weighted by Gasteiger charge is -2.12. The number of aryl methyl sites for hydroxylation is 1. The summed E-state index contributed by atoms with van der Waals surface area (Å²) in [5.41, 5.74) is 1.38. The number of allylic oxidation sites excluding steroid dienone is 2. The van der Waals surface area contributed by atoms with Crippen LogP contribution in [0.25, 0.3) is 0 Å². The Balaban J connectivity index is 1.94. The third-order valence-electron chi connectivity index (χ3n) is 4.08. The molecule has 1 aliphatic rings. The average Bonchev–Trinajstić information content (AvgIpc) is 3.02. The molecule has 1 N–H and O–H groups in total. The summed E-state index contributed by atoms with van der Waals surface area (Å²) in [5, 5.41) is 13.6. The monoisotopic (exact) mass is 332 g/mol. The van der Waals surface area contributed by atoms with E-state index in [9.17, 15) is 19.7 Å². The van der Waals surface area contributed by atoms with Crippen LogP contribution in [0.4, 0.5) is 11.4 Å². The van der Waals surface area contributed by atoms with Crippen molar-refractivity contribution in [2.45, 2.75) is 33.1 Å². The Hall–Kier alpha value is -2.70. The van der Waals surface area contributed by atoms with Crippen molar-refractivity contribution in [3.63, 3.8) is 0 Å². The summed E-state index contributed by atoms with van der Waals surface area (Å²) in [6, 6.07) is 2.97. The topological polar surface area (TPSA) is 98.5 Å². The van der Waals surface area contributed by atoms with Gasteiger partial charge in [0, 0.05) is 6.07 Å². The van der Waals surface area contributed by atoms with E-state index in [1.165, 1.54) is 6.07 Å². The zero-order valence-corrected chi connectivity index (χ0v) is 13.7. The molecule has 0 radical (unpaired) electrons. The van der Waals surface area contributed by atoms with Crippen LogP contribution in [0.15, 0.2) is 24.3 Å². The number of esters is 1. The van der Waals surface area contributed by atoms with Crippen LogP contribution in [0.1, 0.15) is 30.4 Å². The molecule has 0 aromatic heterocycles. The van der Waals surface area contributed by atoms with Crippen LogP contribution in [0.5, 0.6) is 0 Å². The summed E-state index contributed by atoms with van der Waals surface area (Å²) >= 11 is 0. The Kier molecular flexibility index (Phi) is 5.68. The Morgan fingerprint density at radius 3 is 2.75 bits per heavy atom. The molecule has 1 atom stereocenters. The number of anilines is 1. The van der Waals surface area contributed by atoms with Crippen molar-refractivity contribution in [2.75, 3.05) is 11.9 Å². The number of carbonyl (C=O) groups is 2. The number of benzene rings is 1. The van der Waals surface area contributed by atoms with Crippen LogP contribution in [0.2, 0.25) is 0 Å². The van der Waals surface area contributed by atoms with E-state index in [2.05, 4.69) is 5.32 Å². The number of rotatable bonds is 6. The van der Waals surface area contributed by atoms with E-state index in [4.69, 9.17) is 4.74 Å². The molecule has 0 heterocycles. The quantitative estimate of drug-likeness (QED) is 0.373. The van der Waals surface area contributed by atoms with Gasteiger partial charge in [-0.1, -0.05) is 18.2 Å². The van der Waals surface area contributed by atoms with Crippen molar-refractivity contribution in [3.05, 3.63) is 45.5 Å². The summed E-state index contributed by atoms with van der Waals surface area (Å²) in [7, 11) is 0. The fraction of sp³-hybridized carbons (Fsp3) is 0.412. The fourth-order valence-electron chi connectivity index (χ4n) is 2.57. The second kappa shape index (κ2) is 7.72. The predicted molar refractivity (Wildman–Crippen MR) is 88.6 cm³/mol. The molecule has 24 heavy (non-hydrogen) atoms. The number of carbonyl (C=O) groups excluding carboxylic acids is 2. The number of nitrogens with zero attached hydrogens (tertiary/aromatic N) is 1. The summed E-state index contributed by atoms with van der Waals surface area (Å²) in [6.07, 6.45) is 6.10. The molecule has 1 amide bonds. The van der Waals surface area contributed by atoms with Crippen LogP contribution in [-0.4, -0.2) is 23.4 Å². The number of ether oxygens (including phenoxy) is 1. The third-order valence-corrected chi connectivity index (χ3v) is 4.08. The molecule has 0 unspecified atom stereocenters. The summed E-state index contributed by atoms with van der Waals surface area (Å²) in [4.78, 5) is 34.2. The average molecular weight is 332 g/mol. The van der Waals surface area contributed by atoms with E-state index in [-0.39, 0.29) is 23.7 Å². The van der Waals surface area contributed by atoms with Gasteiger partial charge >= 0.3 is 5.97 Å². The highest BCUT2D eigenvalue weighted by molar-refractivity contribution is 5.96. The third kappa shape index (κ3) is 4.41. The second-order valence-corrected chi connectivity index (χ2v) is 5.84. The van der Waals surface area contributed by atoms with E-state index >= 15 is 0 Å². The van der Waals surface area contributed by atoms with Crippen LogP contribution in [0, 0.1) is 29.9 Å². The van der Waals surface area contributed by atoms with Crippen LogP contribution in [-0.2, 0) is 14.3 Å². The van der Waals surface area contributed by atoms with Gasteiger partial charge in [-0.3, -0.25) is 19.7 Å². The number of amides is 1. The van der Waals surface area contributed by atoms with Gasteiger partial charge in [0.25, 0.3) is 11.6 Å². The largest absolute Gasteiger partial charge is 0.456 e. The molecule has 1 aromatic rings. The molecule has 128 valence electrons. The minimum absolute atomic E-state index is 0.139. The summed E-state index contributed by atoms with van der Waals surface area (Å²) in [5.74, 6) is -0.875. The first kappa shape index (κ1) is 17.7. The van der Waals surface area contributed by atoms with Gasteiger partial charge in [0.05, 0.1) is 11.3 Å². The number of hydrogen-bond acceptors (Lipinski definition) is 5. The van der Waals surface area contributed by atoms with Crippen molar-refractivity contribution >= 4 is 23.3 Å². The van der Waals surface area contributed by atoms with Crippen LogP contribution >= 0.6 is 0 Å². The highest BCUT2D eigenvalue weighted by Gasteiger charge is 2.20. The normalized spacial score (nSPS) is 16.0. The Bertz CT molecular complexity index is 696. The lowest BCUT2D eigenvalue weighted by atomic mass is 10.1. The van der Waals surface area contributed by atoms with Gasteiger partial charge < -0.3 is 10.1 Å². The second-order valence-electron chi connectivity index (χ2n) is 5.84. The first-order valence-corrected chi connectivity index (χ1v) is 7.75. The fourth-order valence-corrected chi connectivity index (χ4v) is 2.57. The molecule has 0 saturated heterocycles. The van der Waals surface area contributed by atoms with Gasteiger partial charge in [0.2, 0.25) is 0 Å². The highest BCUT2D eigenvalue weighted by atomic mass is 16.6. The zero-order valence-electron chi connectivity index (χ0n) is 13.7. The number of nitrogens with one attached hydrogen (secondary N) is 1. The zero-order chi connectivity index (χ0) is 17.7. The number of hydrogen-bond donors (Lipinski definition) is 1. The van der Waals surface area contributed by atoms with Crippen molar-refractivity contribution in [1.82, 2.24) is 0 Å². The summed E-state index contributed by atoms with van der Waals surface area (Å²) in [6.45, 7) is 3.03. The maximum atomic E-state index is 12.0. The molecular formula is C17H20N2O5. The Morgan fingerprint density at radius 1 is 1.38 bits per heavy atom. The molecule has 2 rings (SSSR count). The minimum atomic E-state index is -0.595. The summed E-state index contributed by atoms with van der Waals surface area (Å²) < 4.78 is 4.95. The van der Waals surface area contributed by atoms with E-state index in [0.717, 1.165) is 18.4 Å². The predicted octanol–water partition coefficient (Wildman–Crippen LogP) is 3.05. The SMILES string of the molecule is Cc1ccc([N+](=O)[O-])c(NC(=O)COC(=O)C[C@H]2C=CCC2)c1C. The number of nitro benzene ring substituents is 1. The van der Waals surface area contributed by atoms with E-state index in [0.29, 0.717) is 5.56 Å². The first-order valence-electron chi connectivity index (χ1n) is 7.75.